The van der Waals surface area contributed by atoms with Crippen molar-refractivity contribution in [3.63, 3.8) is 0 Å². The molecule has 1 atom stereocenters. The summed E-state index contributed by atoms with van der Waals surface area (Å²) in [7, 11) is 0. The third-order valence-corrected chi connectivity index (χ3v) is 4.32. The first-order valence-electron chi connectivity index (χ1n) is 6.47. The zero-order chi connectivity index (χ0) is 14.1. The molecule has 0 aromatic heterocycles. The number of carbonyl (C=O) groups is 1. The lowest BCUT2D eigenvalue weighted by atomic mass is 9.77. The van der Waals surface area contributed by atoms with E-state index in [1.807, 2.05) is 12.1 Å². The maximum atomic E-state index is 13.7. The van der Waals surface area contributed by atoms with Crippen LogP contribution >= 0.6 is 15.9 Å². The maximum absolute atomic E-state index is 13.7. The van der Waals surface area contributed by atoms with E-state index in [0.717, 1.165) is 6.42 Å². The van der Waals surface area contributed by atoms with E-state index in [1.165, 1.54) is 17.2 Å². The second-order valence-corrected chi connectivity index (χ2v) is 5.76. The number of carbonyl (C=O) groups excluding carboxylic acids is 1. The molecule has 0 saturated carbocycles. The molecule has 0 aliphatic heterocycles. The average molecular weight is 334 g/mol. The highest BCUT2D eigenvalue weighted by molar-refractivity contribution is 9.10. The molecular weight excluding hydrogens is 321 g/mol. The Kier molecular flexibility index (Phi) is 3.57. The Bertz CT molecular complexity index is 651. The van der Waals surface area contributed by atoms with Crippen molar-refractivity contribution in [3.05, 3.63) is 69.4 Å². The Hall–Kier alpha value is -1.68. The lowest BCUT2D eigenvalue weighted by Crippen LogP contribution is -2.33. The molecule has 4 heteroatoms. The molecule has 102 valence electrons. The van der Waals surface area contributed by atoms with Crippen LogP contribution < -0.4 is 5.32 Å². The first kappa shape index (κ1) is 13.3. The molecule has 0 heterocycles. The van der Waals surface area contributed by atoms with E-state index in [0.29, 0.717) is 16.9 Å². The molecule has 2 aromatic carbocycles. The highest BCUT2D eigenvalue weighted by Gasteiger charge is 2.26. The summed E-state index contributed by atoms with van der Waals surface area (Å²) >= 11 is 3.21. The third kappa shape index (κ3) is 2.36. The van der Waals surface area contributed by atoms with E-state index in [4.69, 9.17) is 0 Å². The van der Waals surface area contributed by atoms with E-state index < -0.39 is 5.82 Å². The molecule has 20 heavy (non-hydrogen) atoms. The van der Waals surface area contributed by atoms with Crippen molar-refractivity contribution >= 4 is 21.8 Å². The number of benzene rings is 2. The summed E-state index contributed by atoms with van der Waals surface area (Å²) in [5.74, 6) is -0.550. The zero-order valence-electron chi connectivity index (χ0n) is 10.7. The van der Waals surface area contributed by atoms with Crippen LogP contribution in [0.15, 0.2) is 46.9 Å². The highest BCUT2D eigenvalue weighted by atomic mass is 79.9. The molecule has 2 aromatic rings. The van der Waals surface area contributed by atoms with Gasteiger partial charge in [-0.1, -0.05) is 30.3 Å². The minimum absolute atomic E-state index is 0.0695. The molecule has 0 fully saturated rings. The Morgan fingerprint density at radius 3 is 2.80 bits per heavy atom. The first-order chi connectivity index (χ1) is 9.66. The topological polar surface area (TPSA) is 29.1 Å². The Morgan fingerprint density at radius 1 is 1.25 bits per heavy atom. The van der Waals surface area contributed by atoms with Crippen molar-refractivity contribution in [1.82, 2.24) is 5.32 Å². The maximum Gasteiger partial charge on any atom is 0.255 e. The summed E-state index contributed by atoms with van der Waals surface area (Å²) in [6.45, 7) is 0.538. The van der Waals surface area contributed by atoms with Crippen molar-refractivity contribution in [2.24, 2.45) is 0 Å². The van der Waals surface area contributed by atoms with Crippen molar-refractivity contribution < 1.29 is 9.18 Å². The third-order valence-electron chi connectivity index (χ3n) is 3.66. The second-order valence-electron chi connectivity index (χ2n) is 4.91. The number of rotatable bonds is 3. The van der Waals surface area contributed by atoms with Gasteiger partial charge in [-0.3, -0.25) is 4.79 Å². The number of halogens is 2. The second kappa shape index (κ2) is 5.37. The summed E-state index contributed by atoms with van der Waals surface area (Å²) in [6.07, 6.45) is 0.967. The Labute approximate surface area is 125 Å². The Morgan fingerprint density at radius 2 is 2.05 bits per heavy atom. The molecule has 0 saturated heterocycles. The van der Waals surface area contributed by atoms with Crippen molar-refractivity contribution in [2.45, 2.75) is 12.3 Å². The van der Waals surface area contributed by atoms with Crippen LogP contribution in [-0.4, -0.2) is 12.5 Å². The normalized spacial score (nSPS) is 16.2. The number of hydrogen-bond acceptors (Lipinski definition) is 1. The molecule has 0 spiro atoms. The van der Waals surface area contributed by atoms with Crippen LogP contribution in [-0.2, 0) is 6.42 Å². The van der Waals surface area contributed by atoms with Gasteiger partial charge in [0.15, 0.2) is 0 Å². The average Bonchev–Trinajstić information content (AvgIpc) is 2.39. The molecule has 0 radical (unpaired) electrons. The summed E-state index contributed by atoms with van der Waals surface area (Å²) < 4.78 is 14.1. The van der Waals surface area contributed by atoms with Crippen molar-refractivity contribution in [3.8, 4) is 0 Å². The van der Waals surface area contributed by atoms with Gasteiger partial charge in [-0.2, -0.15) is 0 Å². The van der Waals surface area contributed by atoms with Gasteiger partial charge in [0.05, 0.1) is 5.56 Å². The quantitative estimate of drug-likeness (QED) is 0.912. The van der Waals surface area contributed by atoms with Gasteiger partial charge in [0.25, 0.3) is 5.91 Å². The first-order valence-corrected chi connectivity index (χ1v) is 7.26. The highest BCUT2D eigenvalue weighted by Crippen LogP contribution is 2.34. The van der Waals surface area contributed by atoms with Gasteiger partial charge in [-0.05, 0) is 45.6 Å². The van der Waals surface area contributed by atoms with Crippen molar-refractivity contribution in [1.29, 1.82) is 0 Å². The van der Waals surface area contributed by atoms with Crippen LogP contribution in [0.25, 0.3) is 0 Å². The number of nitrogens with one attached hydrogen (secondary N) is 1. The molecule has 3 rings (SSSR count). The molecule has 1 N–H and O–H groups in total. The van der Waals surface area contributed by atoms with Gasteiger partial charge < -0.3 is 5.32 Å². The van der Waals surface area contributed by atoms with Crippen LogP contribution in [0.2, 0.25) is 0 Å². The van der Waals surface area contributed by atoms with Crippen LogP contribution in [0.5, 0.6) is 0 Å². The fourth-order valence-corrected chi connectivity index (χ4v) is 3.09. The summed E-state index contributed by atoms with van der Waals surface area (Å²) in [5, 5.41) is 2.81. The predicted octanol–water partition coefficient (Wildman–Crippen LogP) is 3.66. The molecule has 2 nitrogen and oxygen atoms in total. The van der Waals surface area contributed by atoms with Gasteiger partial charge in [0.1, 0.15) is 5.82 Å². The van der Waals surface area contributed by atoms with Gasteiger partial charge in [0, 0.05) is 16.9 Å². The number of amides is 1. The van der Waals surface area contributed by atoms with Gasteiger partial charge in [-0.25, -0.2) is 4.39 Å². The minimum atomic E-state index is -0.508. The van der Waals surface area contributed by atoms with E-state index in [9.17, 15) is 9.18 Å². The van der Waals surface area contributed by atoms with E-state index in [1.54, 1.807) is 12.1 Å². The lowest BCUT2D eigenvalue weighted by molar-refractivity contribution is 0.0945. The number of fused-ring (bicyclic) bond motifs is 1. The summed E-state index contributed by atoms with van der Waals surface area (Å²) in [6, 6.07) is 12.7. The van der Waals surface area contributed by atoms with E-state index in [-0.39, 0.29) is 11.5 Å². The fraction of sp³-hybridized carbons (Fsp3) is 0.188. The van der Waals surface area contributed by atoms with Crippen molar-refractivity contribution in [2.75, 3.05) is 6.54 Å². The monoisotopic (exact) mass is 333 g/mol. The molecular formula is C16H13BrFNO. The Balaban J connectivity index is 1.67. The SMILES string of the molecule is O=C(NCC1Cc2ccccc21)c1c(F)cccc1Br. The largest absolute Gasteiger partial charge is 0.351 e. The molecule has 0 bridgehead atoms. The van der Waals surface area contributed by atoms with Gasteiger partial charge in [0.2, 0.25) is 0 Å². The summed E-state index contributed by atoms with van der Waals surface area (Å²) in [5.41, 5.74) is 2.68. The zero-order valence-corrected chi connectivity index (χ0v) is 12.3. The van der Waals surface area contributed by atoms with Gasteiger partial charge in [-0.15, -0.1) is 0 Å². The standard InChI is InChI=1S/C16H13BrFNO/c17-13-6-3-7-14(18)15(13)16(20)19-9-11-8-10-4-1-2-5-12(10)11/h1-7,11H,8-9H2,(H,19,20). The van der Waals surface area contributed by atoms with Crippen LogP contribution in [0.4, 0.5) is 4.39 Å². The molecule has 1 aliphatic carbocycles. The molecule has 1 unspecified atom stereocenters. The lowest BCUT2D eigenvalue weighted by Gasteiger charge is -2.30. The smallest absolute Gasteiger partial charge is 0.255 e. The predicted molar refractivity (Wildman–Crippen MR) is 79.3 cm³/mol. The van der Waals surface area contributed by atoms with E-state index in [2.05, 4.69) is 33.4 Å². The minimum Gasteiger partial charge on any atom is -0.351 e. The molecule has 1 aliphatic rings. The van der Waals surface area contributed by atoms with Crippen LogP contribution in [0.3, 0.4) is 0 Å². The van der Waals surface area contributed by atoms with Crippen LogP contribution in [0.1, 0.15) is 27.4 Å². The van der Waals surface area contributed by atoms with Crippen LogP contribution in [0, 0.1) is 5.82 Å². The van der Waals surface area contributed by atoms with Gasteiger partial charge >= 0.3 is 0 Å². The fourth-order valence-electron chi connectivity index (χ4n) is 2.56. The number of hydrogen-bond donors (Lipinski definition) is 1. The molecule has 1 amide bonds. The van der Waals surface area contributed by atoms with E-state index >= 15 is 0 Å². The summed E-state index contributed by atoms with van der Waals surface area (Å²) in [4.78, 5) is 12.1.